The van der Waals surface area contributed by atoms with E-state index in [4.69, 9.17) is 0 Å². The Kier molecular flexibility index (Phi) is 5.45. The molecule has 116 valence electrons. The number of hydrogen-bond donors (Lipinski definition) is 2. The molecule has 1 aliphatic heterocycles. The van der Waals surface area contributed by atoms with Crippen LogP contribution in [0.1, 0.15) is 23.1 Å². The lowest BCUT2D eigenvalue weighted by molar-refractivity contribution is -0.116. The molecule has 1 heterocycles. The van der Waals surface area contributed by atoms with E-state index < -0.39 is 0 Å². The summed E-state index contributed by atoms with van der Waals surface area (Å²) in [5.74, 6) is 0.0708. The Labute approximate surface area is 137 Å². The topological polar surface area (TPSA) is 41.1 Å². The van der Waals surface area contributed by atoms with Crippen LogP contribution in [0.15, 0.2) is 42.5 Å². The predicted octanol–water partition coefficient (Wildman–Crippen LogP) is 3.96. The standard InChI is InChI=1S/C18H20N2O.ClH/c1-13-2-4-14(5-3-13)6-9-18(21)20-16-7-8-17-15(12-16)10-11-19-17;/h2-5,7-8,12,19H,6,9-11H2,1H3,(H,20,21);1H. The number of nitrogens with one attached hydrogen (secondary N) is 2. The summed E-state index contributed by atoms with van der Waals surface area (Å²) in [6, 6.07) is 14.4. The molecule has 0 atom stereocenters. The molecule has 0 spiro atoms. The van der Waals surface area contributed by atoms with Crippen molar-refractivity contribution in [2.24, 2.45) is 0 Å². The number of anilines is 2. The molecule has 0 fully saturated rings. The molecule has 2 aromatic carbocycles. The van der Waals surface area contributed by atoms with Crippen LogP contribution in [0.3, 0.4) is 0 Å². The van der Waals surface area contributed by atoms with Crippen molar-refractivity contribution in [1.82, 2.24) is 0 Å². The largest absolute Gasteiger partial charge is 0.384 e. The van der Waals surface area contributed by atoms with Gasteiger partial charge in [0.05, 0.1) is 0 Å². The van der Waals surface area contributed by atoms with Gasteiger partial charge >= 0.3 is 0 Å². The second-order valence-electron chi connectivity index (χ2n) is 5.58. The molecule has 0 bridgehead atoms. The number of carbonyl (C=O) groups excluding carboxylic acids is 1. The number of rotatable bonds is 4. The van der Waals surface area contributed by atoms with Gasteiger partial charge < -0.3 is 10.6 Å². The van der Waals surface area contributed by atoms with Crippen molar-refractivity contribution in [3.05, 3.63) is 59.2 Å². The minimum atomic E-state index is 0. The van der Waals surface area contributed by atoms with E-state index in [0.29, 0.717) is 6.42 Å². The fourth-order valence-corrected chi connectivity index (χ4v) is 2.62. The van der Waals surface area contributed by atoms with Gasteiger partial charge in [0.25, 0.3) is 0 Å². The van der Waals surface area contributed by atoms with Gasteiger partial charge in [0.15, 0.2) is 0 Å². The van der Waals surface area contributed by atoms with E-state index in [0.717, 1.165) is 25.1 Å². The van der Waals surface area contributed by atoms with Crippen molar-refractivity contribution in [3.63, 3.8) is 0 Å². The SMILES string of the molecule is Cc1ccc(CCC(=O)Nc2ccc3c(c2)CCN3)cc1.Cl. The lowest BCUT2D eigenvalue weighted by atomic mass is 10.1. The first-order valence-electron chi connectivity index (χ1n) is 7.43. The van der Waals surface area contributed by atoms with E-state index >= 15 is 0 Å². The third-order valence-electron chi connectivity index (χ3n) is 3.86. The zero-order valence-electron chi connectivity index (χ0n) is 12.7. The minimum absolute atomic E-state index is 0. The summed E-state index contributed by atoms with van der Waals surface area (Å²) in [4.78, 5) is 12.0. The maximum Gasteiger partial charge on any atom is 0.224 e. The van der Waals surface area contributed by atoms with Gasteiger partial charge in [-0.3, -0.25) is 4.79 Å². The van der Waals surface area contributed by atoms with Crippen LogP contribution in [-0.2, 0) is 17.6 Å². The molecular formula is C18H21ClN2O. The maximum absolute atomic E-state index is 12.0. The Balaban J connectivity index is 0.00000176. The van der Waals surface area contributed by atoms with E-state index in [1.165, 1.54) is 22.4 Å². The lowest BCUT2D eigenvalue weighted by Crippen LogP contribution is -2.12. The summed E-state index contributed by atoms with van der Waals surface area (Å²) in [5.41, 5.74) is 5.81. The van der Waals surface area contributed by atoms with Crippen molar-refractivity contribution >= 4 is 29.7 Å². The van der Waals surface area contributed by atoms with Crippen LogP contribution in [0, 0.1) is 6.92 Å². The molecule has 22 heavy (non-hydrogen) atoms. The highest BCUT2D eigenvalue weighted by molar-refractivity contribution is 5.91. The smallest absolute Gasteiger partial charge is 0.224 e. The van der Waals surface area contributed by atoms with Crippen molar-refractivity contribution in [1.29, 1.82) is 0 Å². The highest BCUT2D eigenvalue weighted by Crippen LogP contribution is 2.25. The average Bonchev–Trinajstić information content (AvgIpc) is 2.94. The van der Waals surface area contributed by atoms with Crippen LogP contribution < -0.4 is 10.6 Å². The molecule has 1 aliphatic rings. The first kappa shape index (κ1) is 16.4. The number of hydrogen-bond acceptors (Lipinski definition) is 2. The first-order chi connectivity index (χ1) is 10.2. The van der Waals surface area contributed by atoms with Crippen LogP contribution in [0.4, 0.5) is 11.4 Å². The van der Waals surface area contributed by atoms with Gasteiger partial charge in [0.1, 0.15) is 0 Å². The number of amides is 1. The van der Waals surface area contributed by atoms with Gasteiger partial charge in [-0.25, -0.2) is 0 Å². The molecule has 0 unspecified atom stereocenters. The molecular weight excluding hydrogens is 296 g/mol. The number of fused-ring (bicyclic) bond motifs is 1. The molecule has 3 nitrogen and oxygen atoms in total. The molecule has 2 N–H and O–H groups in total. The number of halogens is 1. The van der Waals surface area contributed by atoms with Crippen LogP contribution in [-0.4, -0.2) is 12.5 Å². The summed E-state index contributed by atoms with van der Waals surface area (Å²) in [6.07, 6.45) is 2.32. The molecule has 0 saturated heterocycles. The number of aryl methyl sites for hydroxylation is 2. The van der Waals surface area contributed by atoms with E-state index in [9.17, 15) is 4.79 Å². The second-order valence-corrected chi connectivity index (χ2v) is 5.58. The van der Waals surface area contributed by atoms with Crippen LogP contribution >= 0.6 is 12.4 Å². The zero-order chi connectivity index (χ0) is 14.7. The molecule has 3 rings (SSSR count). The number of benzene rings is 2. The van der Waals surface area contributed by atoms with E-state index in [-0.39, 0.29) is 18.3 Å². The third-order valence-corrected chi connectivity index (χ3v) is 3.86. The molecule has 0 aromatic heterocycles. The quantitative estimate of drug-likeness (QED) is 0.896. The highest BCUT2D eigenvalue weighted by atomic mass is 35.5. The van der Waals surface area contributed by atoms with Crippen molar-refractivity contribution < 1.29 is 4.79 Å². The zero-order valence-corrected chi connectivity index (χ0v) is 13.5. The second kappa shape index (κ2) is 7.32. The third kappa shape index (κ3) is 4.01. The van der Waals surface area contributed by atoms with Gasteiger partial charge in [-0.05, 0) is 49.1 Å². The van der Waals surface area contributed by atoms with Gasteiger partial charge in [0.2, 0.25) is 5.91 Å². The lowest BCUT2D eigenvalue weighted by Gasteiger charge is -2.07. The van der Waals surface area contributed by atoms with Crippen molar-refractivity contribution in [2.75, 3.05) is 17.2 Å². The normalized spacial score (nSPS) is 12.0. The van der Waals surface area contributed by atoms with E-state index in [1.54, 1.807) is 0 Å². The molecule has 1 amide bonds. The summed E-state index contributed by atoms with van der Waals surface area (Å²) < 4.78 is 0. The van der Waals surface area contributed by atoms with Crippen LogP contribution in [0.25, 0.3) is 0 Å². The van der Waals surface area contributed by atoms with Crippen molar-refractivity contribution in [2.45, 2.75) is 26.2 Å². The molecule has 0 aliphatic carbocycles. The Morgan fingerprint density at radius 3 is 2.73 bits per heavy atom. The van der Waals surface area contributed by atoms with E-state index in [2.05, 4.69) is 47.9 Å². The molecule has 4 heteroatoms. The van der Waals surface area contributed by atoms with Gasteiger partial charge in [-0.15, -0.1) is 12.4 Å². The van der Waals surface area contributed by atoms with Crippen LogP contribution in [0.5, 0.6) is 0 Å². The number of carbonyl (C=O) groups is 1. The Bertz CT molecular complexity index is 653. The van der Waals surface area contributed by atoms with Gasteiger partial charge in [0, 0.05) is 24.3 Å². The Hall–Kier alpha value is -2.00. The average molecular weight is 317 g/mol. The molecule has 0 radical (unpaired) electrons. The summed E-state index contributed by atoms with van der Waals surface area (Å²) in [7, 11) is 0. The Morgan fingerprint density at radius 2 is 1.95 bits per heavy atom. The molecule has 0 saturated carbocycles. The fraction of sp³-hybridized carbons (Fsp3) is 0.278. The van der Waals surface area contributed by atoms with Gasteiger partial charge in [-0.1, -0.05) is 29.8 Å². The minimum Gasteiger partial charge on any atom is -0.384 e. The first-order valence-corrected chi connectivity index (χ1v) is 7.43. The maximum atomic E-state index is 12.0. The Morgan fingerprint density at radius 1 is 1.18 bits per heavy atom. The van der Waals surface area contributed by atoms with Gasteiger partial charge in [-0.2, -0.15) is 0 Å². The van der Waals surface area contributed by atoms with Crippen LogP contribution in [0.2, 0.25) is 0 Å². The summed E-state index contributed by atoms with van der Waals surface area (Å²) >= 11 is 0. The van der Waals surface area contributed by atoms with Crippen molar-refractivity contribution in [3.8, 4) is 0 Å². The summed E-state index contributed by atoms with van der Waals surface area (Å²) in [5, 5.41) is 6.31. The molecule has 2 aromatic rings. The predicted molar refractivity (Wildman–Crippen MR) is 94.0 cm³/mol. The fourth-order valence-electron chi connectivity index (χ4n) is 2.62. The monoisotopic (exact) mass is 316 g/mol. The summed E-state index contributed by atoms with van der Waals surface area (Å²) in [6.45, 7) is 3.05. The van der Waals surface area contributed by atoms with E-state index in [1.807, 2.05) is 12.1 Å². The highest BCUT2D eigenvalue weighted by Gasteiger charge is 2.11.